The lowest BCUT2D eigenvalue weighted by Crippen LogP contribution is -2.49. The van der Waals surface area contributed by atoms with Gasteiger partial charge in [0, 0.05) is 0 Å². The third-order valence-corrected chi connectivity index (χ3v) is 10.5. The number of hydrogen-bond donors (Lipinski definition) is 1. The lowest BCUT2D eigenvalue weighted by molar-refractivity contribution is -0.0427. The number of hydrogen-bond acceptors (Lipinski definition) is 1. The monoisotopic (exact) mass is 398 g/mol. The maximum Gasteiger partial charge on any atom is 0.0543 e. The average molecular weight is 399 g/mol. The first-order valence-corrected chi connectivity index (χ1v) is 12.7. The Bertz CT molecular complexity index is 659. The Labute approximate surface area is 180 Å². The van der Waals surface area contributed by atoms with Crippen molar-refractivity contribution in [3.63, 3.8) is 0 Å². The minimum absolute atomic E-state index is 0.0471. The van der Waals surface area contributed by atoms with Crippen LogP contribution in [0.25, 0.3) is 0 Å². The van der Waals surface area contributed by atoms with Crippen molar-refractivity contribution in [3.05, 3.63) is 23.8 Å². The molecule has 4 aliphatic rings. The predicted molar refractivity (Wildman–Crippen MR) is 124 cm³/mol. The largest absolute Gasteiger partial charge is 0.393 e. The lowest BCUT2D eigenvalue weighted by Gasteiger charge is -2.57. The fourth-order valence-corrected chi connectivity index (χ4v) is 8.37. The number of aliphatic hydroxyl groups excluding tert-OH is 1. The molecule has 0 radical (unpaired) electrons. The van der Waals surface area contributed by atoms with Crippen LogP contribution >= 0.6 is 0 Å². The first kappa shape index (κ1) is 21.7. The van der Waals surface area contributed by atoms with Gasteiger partial charge in [-0.1, -0.05) is 58.4 Å². The van der Waals surface area contributed by atoms with Crippen molar-refractivity contribution in [2.24, 2.45) is 46.3 Å². The highest BCUT2D eigenvalue weighted by molar-refractivity contribution is 5.27. The second-order valence-electron chi connectivity index (χ2n) is 12.2. The molecular weight excluding hydrogens is 352 g/mol. The molecule has 0 aromatic heterocycles. The van der Waals surface area contributed by atoms with E-state index in [-0.39, 0.29) is 6.10 Å². The van der Waals surface area contributed by atoms with Crippen LogP contribution in [0.15, 0.2) is 23.8 Å². The van der Waals surface area contributed by atoms with E-state index in [1.807, 2.05) is 5.57 Å². The third-order valence-electron chi connectivity index (χ3n) is 10.5. The Hall–Kier alpha value is -0.560. The smallest absolute Gasteiger partial charge is 0.0543 e. The van der Waals surface area contributed by atoms with E-state index in [1.54, 1.807) is 0 Å². The van der Waals surface area contributed by atoms with Gasteiger partial charge in [-0.3, -0.25) is 0 Å². The molecule has 0 bridgehead atoms. The Morgan fingerprint density at radius 1 is 1.07 bits per heavy atom. The molecule has 4 aliphatic carbocycles. The number of allylic oxidation sites excluding steroid dienone is 3. The van der Waals surface area contributed by atoms with Gasteiger partial charge in [0.25, 0.3) is 0 Å². The number of aliphatic hydroxyl groups is 1. The molecule has 8 atom stereocenters. The van der Waals surface area contributed by atoms with Gasteiger partial charge in [0.15, 0.2) is 0 Å². The van der Waals surface area contributed by atoms with Crippen molar-refractivity contribution in [3.8, 4) is 0 Å². The zero-order chi connectivity index (χ0) is 21.0. The second-order valence-corrected chi connectivity index (χ2v) is 12.2. The molecule has 0 amide bonds. The maximum absolute atomic E-state index is 10.2. The van der Waals surface area contributed by atoms with Gasteiger partial charge in [-0.25, -0.2) is 0 Å². The van der Waals surface area contributed by atoms with Crippen LogP contribution in [-0.4, -0.2) is 11.2 Å². The summed E-state index contributed by atoms with van der Waals surface area (Å²) < 4.78 is 0. The zero-order valence-electron chi connectivity index (χ0n) is 19.8. The molecule has 8 unspecified atom stereocenters. The Balaban J connectivity index is 1.50. The Morgan fingerprint density at radius 3 is 2.48 bits per heavy atom. The molecule has 1 N–H and O–H groups in total. The van der Waals surface area contributed by atoms with Crippen LogP contribution < -0.4 is 0 Å². The fraction of sp³-hybridized carbons (Fsp3) is 0.857. The molecule has 3 saturated carbocycles. The molecule has 1 nitrogen and oxygen atoms in total. The van der Waals surface area contributed by atoms with Gasteiger partial charge in [0.2, 0.25) is 0 Å². The van der Waals surface area contributed by atoms with Crippen LogP contribution in [0.2, 0.25) is 0 Å². The maximum atomic E-state index is 10.2. The van der Waals surface area contributed by atoms with Crippen LogP contribution in [0.5, 0.6) is 0 Å². The molecule has 0 aromatic carbocycles. The molecule has 0 saturated heterocycles. The van der Waals surface area contributed by atoms with Gasteiger partial charge in [-0.05, 0) is 111 Å². The second kappa shape index (κ2) is 7.85. The first-order valence-electron chi connectivity index (χ1n) is 12.7. The average Bonchev–Trinajstić information content (AvgIpc) is 3.03. The summed E-state index contributed by atoms with van der Waals surface area (Å²) in [5, 5.41) is 10.2. The standard InChI is InChI=1S/C28H46O/c1-18(2)19(3)7-8-20(4)24-11-12-25-23-10-9-21-17-22(29)13-15-27(21,5)26(23)14-16-28(24,25)6/h10,18,20-22,24-26,29H,3,7-9,11-17H2,1-2,4-6H3. The van der Waals surface area contributed by atoms with E-state index in [2.05, 4.69) is 47.3 Å². The molecule has 1 heteroatoms. The summed E-state index contributed by atoms with van der Waals surface area (Å²) in [6.07, 6.45) is 15.3. The highest BCUT2D eigenvalue weighted by Gasteiger charge is 2.58. The Morgan fingerprint density at radius 2 is 1.76 bits per heavy atom. The molecule has 0 aromatic rings. The summed E-state index contributed by atoms with van der Waals surface area (Å²) in [5.74, 6) is 4.65. The van der Waals surface area contributed by atoms with Crippen LogP contribution in [-0.2, 0) is 0 Å². The van der Waals surface area contributed by atoms with E-state index in [1.165, 1.54) is 56.9 Å². The fourth-order valence-electron chi connectivity index (χ4n) is 8.37. The number of fused-ring (bicyclic) bond motifs is 5. The molecule has 0 heterocycles. The van der Waals surface area contributed by atoms with Crippen molar-refractivity contribution in [1.82, 2.24) is 0 Å². The highest BCUT2D eigenvalue weighted by Crippen LogP contribution is 2.66. The summed E-state index contributed by atoms with van der Waals surface area (Å²) in [6.45, 7) is 16.7. The van der Waals surface area contributed by atoms with Crippen LogP contribution in [0.3, 0.4) is 0 Å². The number of rotatable bonds is 5. The van der Waals surface area contributed by atoms with E-state index in [4.69, 9.17) is 0 Å². The van der Waals surface area contributed by atoms with Gasteiger partial charge in [-0.2, -0.15) is 0 Å². The molecular formula is C28H46O. The predicted octanol–water partition coefficient (Wildman–Crippen LogP) is 7.55. The van der Waals surface area contributed by atoms with Crippen LogP contribution in [0, 0.1) is 46.3 Å². The molecule has 0 aliphatic heterocycles. The van der Waals surface area contributed by atoms with Crippen molar-refractivity contribution in [2.45, 2.75) is 105 Å². The van der Waals surface area contributed by atoms with Crippen LogP contribution in [0.4, 0.5) is 0 Å². The summed E-state index contributed by atoms with van der Waals surface area (Å²) in [5.41, 5.74) is 4.26. The van der Waals surface area contributed by atoms with Crippen LogP contribution in [0.1, 0.15) is 98.8 Å². The van der Waals surface area contributed by atoms with E-state index >= 15 is 0 Å². The quantitative estimate of drug-likeness (QED) is 0.474. The van der Waals surface area contributed by atoms with Gasteiger partial charge >= 0.3 is 0 Å². The Kier molecular flexibility index (Phi) is 5.86. The summed E-state index contributed by atoms with van der Waals surface area (Å²) in [6, 6.07) is 0. The van der Waals surface area contributed by atoms with Crippen molar-refractivity contribution in [1.29, 1.82) is 0 Å². The van der Waals surface area contributed by atoms with Gasteiger partial charge in [-0.15, -0.1) is 0 Å². The zero-order valence-corrected chi connectivity index (χ0v) is 19.8. The van der Waals surface area contributed by atoms with Crippen molar-refractivity contribution < 1.29 is 5.11 Å². The SMILES string of the molecule is C=C(CCC(C)C1CCC2C3=CCC4CC(O)CCC4(C)C3CCC21C)C(C)C. The highest BCUT2D eigenvalue weighted by atomic mass is 16.3. The van der Waals surface area contributed by atoms with E-state index in [0.717, 1.165) is 36.5 Å². The lowest BCUT2D eigenvalue weighted by atomic mass is 9.47. The summed E-state index contributed by atoms with van der Waals surface area (Å²) in [4.78, 5) is 0. The first-order chi connectivity index (χ1) is 13.7. The normalized spacial score (nSPS) is 45.2. The van der Waals surface area contributed by atoms with E-state index < -0.39 is 0 Å². The summed E-state index contributed by atoms with van der Waals surface area (Å²) >= 11 is 0. The van der Waals surface area contributed by atoms with E-state index in [0.29, 0.717) is 22.7 Å². The van der Waals surface area contributed by atoms with E-state index in [9.17, 15) is 5.11 Å². The van der Waals surface area contributed by atoms with Crippen molar-refractivity contribution >= 4 is 0 Å². The molecule has 4 rings (SSSR count). The molecule has 29 heavy (non-hydrogen) atoms. The van der Waals surface area contributed by atoms with Crippen molar-refractivity contribution in [2.75, 3.05) is 0 Å². The minimum Gasteiger partial charge on any atom is -0.393 e. The summed E-state index contributed by atoms with van der Waals surface area (Å²) in [7, 11) is 0. The van der Waals surface area contributed by atoms with Gasteiger partial charge < -0.3 is 5.11 Å². The van der Waals surface area contributed by atoms with Gasteiger partial charge in [0.05, 0.1) is 6.10 Å². The minimum atomic E-state index is -0.0471. The third kappa shape index (κ3) is 3.58. The molecule has 164 valence electrons. The molecule has 3 fully saturated rings. The topological polar surface area (TPSA) is 20.2 Å². The molecule has 0 spiro atoms. The van der Waals surface area contributed by atoms with Gasteiger partial charge in [0.1, 0.15) is 0 Å².